The smallest absolute Gasteiger partial charge is 0.378 e. The Labute approximate surface area is 185 Å². The molecule has 4 rings (SSSR count). The Kier molecular flexibility index (Phi) is 5.95. The molecule has 0 radical (unpaired) electrons. The minimum atomic E-state index is -4.52. The zero-order valence-corrected chi connectivity index (χ0v) is 17.2. The summed E-state index contributed by atoms with van der Waals surface area (Å²) in [6, 6.07) is 9.77. The van der Waals surface area contributed by atoms with Gasteiger partial charge in [0.25, 0.3) is 5.56 Å². The number of imidazole rings is 1. The fourth-order valence-corrected chi connectivity index (χ4v) is 3.14. The SMILES string of the molecule is O=c1c(Cl)c(NCc2ccc(Cn3ccnc3)cc2)cnn1-c1ccc(C(F)(F)F)cn1. The highest BCUT2D eigenvalue weighted by Crippen LogP contribution is 2.28. The van der Waals surface area contributed by atoms with Gasteiger partial charge >= 0.3 is 6.18 Å². The summed E-state index contributed by atoms with van der Waals surface area (Å²) < 4.78 is 40.9. The van der Waals surface area contributed by atoms with Crippen LogP contribution in [0.25, 0.3) is 5.82 Å². The van der Waals surface area contributed by atoms with Crippen molar-refractivity contribution >= 4 is 17.3 Å². The Morgan fingerprint density at radius 2 is 1.78 bits per heavy atom. The number of hydrogen-bond acceptors (Lipinski definition) is 5. The first-order valence-corrected chi connectivity index (χ1v) is 9.78. The number of nitrogens with zero attached hydrogens (tertiary/aromatic N) is 5. The van der Waals surface area contributed by atoms with Gasteiger partial charge in [-0.25, -0.2) is 9.97 Å². The third-order valence-corrected chi connectivity index (χ3v) is 5.01. The minimum absolute atomic E-state index is 0.0649. The second kappa shape index (κ2) is 8.83. The van der Waals surface area contributed by atoms with E-state index < -0.39 is 17.3 Å². The predicted octanol–water partition coefficient (Wildman–Crippen LogP) is 4.16. The normalized spacial score (nSPS) is 11.5. The largest absolute Gasteiger partial charge is 0.417 e. The monoisotopic (exact) mass is 460 g/mol. The zero-order valence-electron chi connectivity index (χ0n) is 16.4. The summed E-state index contributed by atoms with van der Waals surface area (Å²) in [4.78, 5) is 20.2. The van der Waals surface area contributed by atoms with Gasteiger partial charge in [-0.15, -0.1) is 0 Å². The summed E-state index contributed by atoms with van der Waals surface area (Å²) in [5, 5.41) is 6.88. The third-order valence-electron chi connectivity index (χ3n) is 4.64. The van der Waals surface area contributed by atoms with E-state index in [0.29, 0.717) is 25.0 Å². The van der Waals surface area contributed by atoms with Gasteiger partial charge < -0.3 is 9.88 Å². The molecule has 0 saturated heterocycles. The molecule has 0 atom stereocenters. The maximum Gasteiger partial charge on any atom is 0.417 e. The molecular weight excluding hydrogens is 445 g/mol. The van der Waals surface area contributed by atoms with Gasteiger partial charge in [0, 0.05) is 31.7 Å². The van der Waals surface area contributed by atoms with Crippen LogP contribution in [0.5, 0.6) is 0 Å². The zero-order chi connectivity index (χ0) is 22.7. The summed E-state index contributed by atoms with van der Waals surface area (Å²) in [7, 11) is 0. The van der Waals surface area contributed by atoms with Crippen LogP contribution in [0.1, 0.15) is 16.7 Å². The van der Waals surface area contributed by atoms with Crippen LogP contribution in [0.2, 0.25) is 5.02 Å². The van der Waals surface area contributed by atoms with Crippen molar-refractivity contribution in [2.75, 3.05) is 5.32 Å². The minimum Gasteiger partial charge on any atom is -0.378 e. The first-order chi connectivity index (χ1) is 15.3. The van der Waals surface area contributed by atoms with Crippen LogP contribution >= 0.6 is 11.6 Å². The molecule has 3 aromatic heterocycles. The van der Waals surface area contributed by atoms with E-state index in [1.807, 2.05) is 35.0 Å². The summed E-state index contributed by atoms with van der Waals surface area (Å²) in [5.74, 6) is -0.0649. The van der Waals surface area contributed by atoms with Crippen LogP contribution in [-0.4, -0.2) is 24.3 Å². The quantitative estimate of drug-likeness (QED) is 0.467. The van der Waals surface area contributed by atoms with Crippen LogP contribution in [0, 0.1) is 0 Å². The molecule has 164 valence electrons. The topological polar surface area (TPSA) is 77.6 Å². The highest BCUT2D eigenvalue weighted by molar-refractivity contribution is 6.32. The first kappa shape index (κ1) is 21.6. The third kappa shape index (κ3) is 4.80. The van der Waals surface area contributed by atoms with Crippen molar-refractivity contribution in [1.82, 2.24) is 24.3 Å². The Morgan fingerprint density at radius 3 is 2.41 bits per heavy atom. The number of nitrogens with one attached hydrogen (secondary N) is 1. The van der Waals surface area contributed by atoms with Crippen molar-refractivity contribution in [3.63, 3.8) is 0 Å². The summed E-state index contributed by atoms with van der Waals surface area (Å²) in [6.07, 6.45) is 2.79. The summed E-state index contributed by atoms with van der Waals surface area (Å²) in [5.41, 5.74) is 0.763. The van der Waals surface area contributed by atoms with Gasteiger partial charge in [-0.05, 0) is 23.3 Å². The molecule has 1 aromatic carbocycles. The first-order valence-electron chi connectivity index (χ1n) is 9.40. The van der Waals surface area contributed by atoms with Crippen molar-refractivity contribution in [2.45, 2.75) is 19.3 Å². The summed E-state index contributed by atoms with van der Waals surface area (Å²) in [6.45, 7) is 1.11. The molecule has 0 aliphatic heterocycles. The predicted molar refractivity (Wildman–Crippen MR) is 113 cm³/mol. The molecule has 32 heavy (non-hydrogen) atoms. The second-order valence-electron chi connectivity index (χ2n) is 6.90. The van der Waals surface area contributed by atoms with Crippen molar-refractivity contribution in [2.24, 2.45) is 0 Å². The standard InChI is InChI=1S/C21H16ClF3N6O/c22-19-17(27-9-14-1-3-15(4-2-14)12-30-8-7-26-13-30)11-29-31(20(19)32)18-6-5-16(10-28-18)21(23,24)25/h1-8,10-11,13,27H,9,12H2. The van der Waals surface area contributed by atoms with E-state index in [1.54, 1.807) is 12.5 Å². The molecule has 0 bridgehead atoms. The number of alkyl halides is 3. The molecular formula is C21H16ClF3N6O. The average Bonchev–Trinajstić information content (AvgIpc) is 3.28. The highest BCUT2D eigenvalue weighted by atomic mass is 35.5. The van der Waals surface area contributed by atoms with Crippen LogP contribution < -0.4 is 10.9 Å². The van der Waals surface area contributed by atoms with Crippen molar-refractivity contribution in [3.05, 3.63) is 99.6 Å². The molecule has 4 aromatic rings. The molecule has 0 amide bonds. The fraction of sp³-hybridized carbons (Fsp3) is 0.143. The van der Waals surface area contributed by atoms with Gasteiger partial charge in [-0.3, -0.25) is 4.79 Å². The lowest BCUT2D eigenvalue weighted by molar-refractivity contribution is -0.137. The number of rotatable bonds is 6. The second-order valence-corrected chi connectivity index (χ2v) is 7.28. The van der Waals surface area contributed by atoms with Crippen molar-refractivity contribution in [3.8, 4) is 5.82 Å². The van der Waals surface area contributed by atoms with E-state index in [9.17, 15) is 18.0 Å². The lowest BCUT2D eigenvalue weighted by atomic mass is 10.1. The Hall–Kier alpha value is -3.66. The van der Waals surface area contributed by atoms with Gasteiger partial charge in [0.15, 0.2) is 5.82 Å². The van der Waals surface area contributed by atoms with Crippen LogP contribution in [0.4, 0.5) is 18.9 Å². The molecule has 0 fully saturated rings. The fourth-order valence-electron chi connectivity index (χ4n) is 2.95. The number of hydrogen-bond donors (Lipinski definition) is 1. The average molecular weight is 461 g/mol. The maximum absolute atomic E-state index is 12.7. The molecule has 0 aliphatic rings. The molecule has 0 unspecified atom stereocenters. The van der Waals surface area contributed by atoms with E-state index in [0.717, 1.165) is 27.9 Å². The van der Waals surface area contributed by atoms with Gasteiger partial charge in [0.2, 0.25) is 0 Å². The van der Waals surface area contributed by atoms with Crippen LogP contribution in [0.3, 0.4) is 0 Å². The molecule has 11 heteroatoms. The molecule has 0 saturated carbocycles. The number of benzene rings is 1. The summed E-state index contributed by atoms with van der Waals surface area (Å²) >= 11 is 6.17. The van der Waals surface area contributed by atoms with E-state index in [4.69, 9.17) is 11.6 Å². The van der Waals surface area contributed by atoms with Gasteiger partial charge in [-0.2, -0.15) is 23.0 Å². The number of halogens is 4. The van der Waals surface area contributed by atoms with E-state index in [1.165, 1.54) is 6.20 Å². The molecule has 1 N–H and O–H groups in total. The maximum atomic E-state index is 12.7. The van der Waals surface area contributed by atoms with Gasteiger partial charge in [0.05, 0.1) is 23.8 Å². The number of aromatic nitrogens is 5. The van der Waals surface area contributed by atoms with E-state index in [-0.39, 0.29) is 10.8 Å². The Balaban J connectivity index is 1.45. The molecule has 3 heterocycles. The van der Waals surface area contributed by atoms with Crippen molar-refractivity contribution in [1.29, 1.82) is 0 Å². The van der Waals surface area contributed by atoms with Crippen LogP contribution in [-0.2, 0) is 19.3 Å². The van der Waals surface area contributed by atoms with Gasteiger partial charge in [0.1, 0.15) is 5.02 Å². The molecule has 7 nitrogen and oxygen atoms in total. The highest BCUT2D eigenvalue weighted by Gasteiger charge is 2.30. The van der Waals surface area contributed by atoms with Crippen LogP contribution in [0.15, 0.2) is 72.3 Å². The number of pyridine rings is 1. The lowest BCUT2D eigenvalue weighted by Crippen LogP contribution is -2.23. The van der Waals surface area contributed by atoms with E-state index in [2.05, 4.69) is 20.4 Å². The Morgan fingerprint density at radius 1 is 1.03 bits per heavy atom. The van der Waals surface area contributed by atoms with Crippen molar-refractivity contribution < 1.29 is 13.2 Å². The lowest BCUT2D eigenvalue weighted by Gasteiger charge is -2.11. The van der Waals surface area contributed by atoms with Gasteiger partial charge in [-0.1, -0.05) is 35.9 Å². The molecule has 0 spiro atoms. The number of anilines is 1. The van der Waals surface area contributed by atoms with E-state index >= 15 is 0 Å². The Bertz CT molecular complexity index is 1250. The molecule has 0 aliphatic carbocycles.